The average molecular weight is 319 g/mol. The molecular formula is C16H15ClN2O3. The number of nitrogens with zero attached hydrogens (tertiary/aromatic N) is 1. The molecular weight excluding hydrogens is 304 g/mol. The van der Waals surface area contributed by atoms with Gasteiger partial charge in [-0.3, -0.25) is 4.79 Å². The van der Waals surface area contributed by atoms with Gasteiger partial charge in [-0.15, -0.1) is 0 Å². The van der Waals surface area contributed by atoms with E-state index in [1.165, 1.54) is 20.4 Å². The normalized spacial score (nSPS) is 10.5. The molecule has 0 bridgehead atoms. The van der Waals surface area contributed by atoms with Crippen molar-refractivity contribution in [2.45, 2.75) is 0 Å². The zero-order chi connectivity index (χ0) is 15.9. The summed E-state index contributed by atoms with van der Waals surface area (Å²) < 4.78 is 10.2. The zero-order valence-electron chi connectivity index (χ0n) is 12.2. The number of nitrogens with one attached hydrogen (secondary N) is 1. The molecule has 1 amide bonds. The van der Waals surface area contributed by atoms with Gasteiger partial charge in [0.05, 0.1) is 20.4 Å². The second kappa shape index (κ2) is 7.47. The van der Waals surface area contributed by atoms with Crippen LogP contribution in [0.2, 0.25) is 5.02 Å². The molecule has 0 unspecified atom stereocenters. The molecule has 2 aromatic carbocycles. The smallest absolute Gasteiger partial charge is 0.271 e. The molecule has 0 aromatic heterocycles. The summed E-state index contributed by atoms with van der Waals surface area (Å²) in [5, 5.41) is 4.46. The lowest BCUT2D eigenvalue weighted by molar-refractivity contribution is 0.0954. The Labute approximate surface area is 133 Å². The van der Waals surface area contributed by atoms with Crippen LogP contribution in [-0.2, 0) is 0 Å². The molecule has 1 N–H and O–H groups in total. The second-order valence-corrected chi connectivity index (χ2v) is 4.73. The first kappa shape index (κ1) is 15.9. The summed E-state index contributed by atoms with van der Waals surface area (Å²) in [6, 6.07) is 12.1. The van der Waals surface area contributed by atoms with Gasteiger partial charge in [0.2, 0.25) is 0 Å². The average Bonchev–Trinajstić information content (AvgIpc) is 2.55. The number of halogens is 1. The molecule has 0 atom stereocenters. The molecule has 0 aliphatic carbocycles. The lowest BCUT2D eigenvalue weighted by Crippen LogP contribution is -2.17. The van der Waals surface area contributed by atoms with Gasteiger partial charge in [0.15, 0.2) is 0 Å². The molecule has 0 fully saturated rings. The van der Waals surface area contributed by atoms with E-state index in [-0.39, 0.29) is 5.91 Å². The van der Waals surface area contributed by atoms with E-state index in [1.54, 1.807) is 30.3 Å². The van der Waals surface area contributed by atoms with Crippen LogP contribution in [0.3, 0.4) is 0 Å². The number of amides is 1. The minimum atomic E-state index is -0.375. The fraction of sp³-hybridized carbons (Fsp3) is 0.125. The lowest BCUT2D eigenvalue weighted by Gasteiger charge is -2.07. The number of hydrogen-bond acceptors (Lipinski definition) is 4. The zero-order valence-corrected chi connectivity index (χ0v) is 12.9. The Morgan fingerprint density at radius 1 is 1.14 bits per heavy atom. The van der Waals surface area contributed by atoms with Crippen molar-refractivity contribution >= 4 is 23.7 Å². The Bertz CT molecular complexity index is 679. The SMILES string of the molecule is COc1cc(OC)cc(C(=O)N/N=C/c2ccccc2Cl)c1. The summed E-state index contributed by atoms with van der Waals surface area (Å²) in [5.74, 6) is 0.680. The van der Waals surface area contributed by atoms with Crippen LogP contribution >= 0.6 is 11.6 Å². The van der Waals surface area contributed by atoms with E-state index >= 15 is 0 Å². The summed E-state index contributed by atoms with van der Waals surface area (Å²) in [4.78, 5) is 12.1. The van der Waals surface area contributed by atoms with Crippen molar-refractivity contribution in [2.24, 2.45) is 5.10 Å². The second-order valence-electron chi connectivity index (χ2n) is 4.32. The van der Waals surface area contributed by atoms with Crippen LogP contribution in [0.15, 0.2) is 47.6 Å². The van der Waals surface area contributed by atoms with Crippen molar-refractivity contribution in [3.63, 3.8) is 0 Å². The third kappa shape index (κ3) is 3.99. The van der Waals surface area contributed by atoms with Crippen LogP contribution in [0.4, 0.5) is 0 Å². The molecule has 6 heteroatoms. The number of carbonyl (C=O) groups is 1. The van der Waals surface area contributed by atoms with Crippen molar-refractivity contribution in [1.82, 2.24) is 5.43 Å². The minimum absolute atomic E-state index is 0.375. The molecule has 0 radical (unpaired) electrons. The molecule has 0 saturated heterocycles. The molecule has 2 rings (SSSR count). The van der Waals surface area contributed by atoms with Gasteiger partial charge in [-0.25, -0.2) is 5.43 Å². The lowest BCUT2D eigenvalue weighted by atomic mass is 10.2. The maximum Gasteiger partial charge on any atom is 0.271 e. The van der Waals surface area contributed by atoms with E-state index < -0.39 is 0 Å². The summed E-state index contributed by atoms with van der Waals surface area (Å²) in [5.41, 5.74) is 3.54. The molecule has 0 aliphatic heterocycles. The molecule has 0 heterocycles. The van der Waals surface area contributed by atoms with Crippen LogP contribution in [0, 0.1) is 0 Å². The number of rotatable bonds is 5. The first-order valence-electron chi connectivity index (χ1n) is 6.45. The van der Waals surface area contributed by atoms with Crippen LogP contribution in [0.5, 0.6) is 11.5 Å². The van der Waals surface area contributed by atoms with E-state index in [2.05, 4.69) is 10.5 Å². The number of carbonyl (C=O) groups excluding carboxylic acids is 1. The fourth-order valence-electron chi connectivity index (χ4n) is 1.74. The number of ether oxygens (including phenoxy) is 2. The first-order chi connectivity index (χ1) is 10.6. The van der Waals surface area contributed by atoms with Crippen molar-refractivity contribution in [2.75, 3.05) is 14.2 Å². The van der Waals surface area contributed by atoms with E-state index in [0.29, 0.717) is 27.6 Å². The van der Waals surface area contributed by atoms with Gasteiger partial charge in [-0.05, 0) is 18.2 Å². The van der Waals surface area contributed by atoms with E-state index in [0.717, 1.165) is 0 Å². The van der Waals surface area contributed by atoms with Gasteiger partial charge in [0, 0.05) is 22.2 Å². The Morgan fingerprint density at radius 2 is 1.77 bits per heavy atom. The third-order valence-corrected chi connectivity index (χ3v) is 3.23. The molecule has 0 saturated carbocycles. The Hall–Kier alpha value is -2.53. The number of methoxy groups -OCH3 is 2. The van der Waals surface area contributed by atoms with E-state index in [9.17, 15) is 4.79 Å². The molecule has 0 spiro atoms. The summed E-state index contributed by atoms with van der Waals surface area (Å²) in [6.07, 6.45) is 1.48. The maximum absolute atomic E-state index is 12.1. The molecule has 114 valence electrons. The number of benzene rings is 2. The highest BCUT2D eigenvalue weighted by Gasteiger charge is 2.09. The highest BCUT2D eigenvalue weighted by molar-refractivity contribution is 6.33. The van der Waals surface area contributed by atoms with Crippen LogP contribution in [0.1, 0.15) is 15.9 Å². The van der Waals surface area contributed by atoms with Crippen LogP contribution in [-0.4, -0.2) is 26.3 Å². The maximum atomic E-state index is 12.1. The number of hydrogen-bond donors (Lipinski definition) is 1. The van der Waals surface area contributed by atoms with Crippen molar-refractivity contribution in [1.29, 1.82) is 0 Å². The summed E-state index contributed by atoms with van der Waals surface area (Å²) in [6.45, 7) is 0. The van der Waals surface area contributed by atoms with Gasteiger partial charge in [-0.1, -0.05) is 29.8 Å². The van der Waals surface area contributed by atoms with Crippen LogP contribution in [0.25, 0.3) is 0 Å². The van der Waals surface area contributed by atoms with Crippen molar-refractivity contribution in [3.05, 3.63) is 58.6 Å². The topological polar surface area (TPSA) is 59.9 Å². The fourth-order valence-corrected chi connectivity index (χ4v) is 1.93. The minimum Gasteiger partial charge on any atom is -0.497 e. The monoisotopic (exact) mass is 318 g/mol. The predicted octanol–water partition coefficient (Wildman–Crippen LogP) is 3.12. The molecule has 0 aliphatic rings. The first-order valence-corrected chi connectivity index (χ1v) is 6.83. The van der Waals surface area contributed by atoms with E-state index in [1.807, 2.05) is 12.1 Å². The summed E-state index contributed by atoms with van der Waals surface area (Å²) in [7, 11) is 3.04. The predicted molar refractivity (Wildman–Crippen MR) is 86.1 cm³/mol. The largest absolute Gasteiger partial charge is 0.497 e. The standard InChI is InChI=1S/C16H15ClN2O3/c1-21-13-7-12(8-14(9-13)22-2)16(20)19-18-10-11-5-3-4-6-15(11)17/h3-10H,1-2H3,(H,19,20)/b18-10+. The van der Waals surface area contributed by atoms with Crippen molar-refractivity contribution in [3.8, 4) is 11.5 Å². The van der Waals surface area contributed by atoms with Crippen LogP contribution < -0.4 is 14.9 Å². The van der Waals surface area contributed by atoms with Gasteiger partial charge in [0.1, 0.15) is 11.5 Å². The molecule has 2 aromatic rings. The van der Waals surface area contributed by atoms with Gasteiger partial charge >= 0.3 is 0 Å². The van der Waals surface area contributed by atoms with Gasteiger partial charge < -0.3 is 9.47 Å². The highest BCUT2D eigenvalue weighted by atomic mass is 35.5. The molecule has 22 heavy (non-hydrogen) atoms. The number of hydrazone groups is 1. The highest BCUT2D eigenvalue weighted by Crippen LogP contribution is 2.22. The van der Waals surface area contributed by atoms with Crippen molar-refractivity contribution < 1.29 is 14.3 Å². The quantitative estimate of drug-likeness (QED) is 0.680. The van der Waals surface area contributed by atoms with E-state index in [4.69, 9.17) is 21.1 Å². The Morgan fingerprint density at radius 3 is 2.36 bits per heavy atom. The Balaban J connectivity index is 2.11. The third-order valence-electron chi connectivity index (χ3n) is 2.89. The summed E-state index contributed by atoms with van der Waals surface area (Å²) >= 11 is 6.00. The van der Waals surface area contributed by atoms with Gasteiger partial charge in [-0.2, -0.15) is 5.10 Å². The Kier molecular flexibility index (Phi) is 5.38. The molecule has 5 nitrogen and oxygen atoms in total. The van der Waals surface area contributed by atoms with Gasteiger partial charge in [0.25, 0.3) is 5.91 Å².